The van der Waals surface area contributed by atoms with Crippen molar-refractivity contribution in [1.29, 1.82) is 0 Å². The van der Waals surface area contributed by atoms with Gasteiger partial charge in [-0.3, -0.25) is 9.59 Å². The van der Waals surface area contributed by atoms with Gasteiger partial charge in [-0.2, -0.15) is 0 Å². The lowest BCUT2D eigenvalue weighted by molar-refractivity contribution is -0.400. The zero-order valence-electron chi connectivity index (χ0n) is 39.2. The van der Waals surface area contributed by atoms with E-state index in [0.29, 0.717) is 0 Å². The van der Waals surface area contributed by atoms with Gasteiger partial charge in [0.2, 0.25) is 11.8 Å². The minimum atomic E-state index is -3.37. The zero-order chi connectivity index (χ0) is 55.5. The number of rotatable bonds is 21. The van der Waals surface area contributed by atoms with Crippen molar-refractivity contribution in [2.75, 3.05) is 33.0 Å². The Morgan fingerprint density at radius 2 is 1.00 bits per heavy atom. The van der Waals surface area contributed by atoms with Crippen LogP contribution in [-0.2, 0) is 61.8 Å². The average molecular weight is 1090 g/mol. The van der Waals surface area contributed by atoms with Gasteiger partial charge in [0, 0.05) is 26.7 Å². The van der Waals surface area contributed by atoms with Gasteiger partial charge in [0.15, 0.2) is 18.9 Å². The van der Waals surface area contributed by atoms with Crippen LogP contribution in [0.15, 0.2) is 0 Å². The van der Waals surface area contributed by atoms with E-state index < -0.39 is 234 Å². The molecule has 21 N–H and O–H groups in total. The SMILES string of the molecule is CC(=O)N[C@H]1[C@H]([C@H](O)[C@H](O)CO)O[C@](OC[C@H]2O[C@@H](O[C@H]3[C@H](O[C@@H]4O[C@@H](CO)[C@@H](O)[C@@H](O)[C@@H]4O)[C@@H](O)[C@H](O)O[C@@H]3CO)[C@H](O)[C@@H](O)[C@H]2O[C@@]2(C(=O)O)C[C@H](O)[C@@H](NC(C)=O)[C@H]([C@H](O)[C@H](O)CO)O2)(C(=O)O)C[C@@H]1O. The maximum Gasteiger partial charge on any atom is 0.364 e. The molecule has 428 valence electrons. The summed E-state index contributed by atoms with van der Waals surface area (Å²) in [6, 6.07) is -3.49. The molecular formula is C40H66N2O32. The van der Waals surface area contributed by atoms with Crippen LogP contribution in [0.5, 0.6) is 0 Å². The molecule has 34 heteroatoms. The maximum atomic E-state index is 13.3. The van der Waals surface area contributed by atoms with Gasteiger partial charge in [0.05, 0.1) is 57.3 Å². The van der Waals surface area contributed by atoms with E-state index >= 15 is 0 Å². The molecule has 2 amide bonds. The second kappa shape index (κ2) is 25.5. The van der Waals surface area contributed by atoms with Crippen LogP contribution in [0.2, 0.25) is 0 Å². The van der Waals surface area contributed by atoms with Crippen molar-refractivity contribution >= 4 is 23.8 Å². The van der Waals surface area contributed by atoms with Gasteiger partial charge in [0.25, 0.3) is 11.6 Å². The van der Waals surface area contributed by atoms with Crippen molar-refractivity contribution in [2.24, 2.45) is 0 Å². The van der Waals surface area contributed by atoms with Gasteiger partial charge >= 0.3 is 11.9 Å². The van der Waals surface area contributed by atoms with Crippen LogP contribution in [0.3, 0.4) is 0 Å². The highest BCUT2D eigenvalue weighted by molar-refractivity contribution is 5.77. The van der Waals surface area contributed by atoms with Crippen LogP contribution in [0, 0.1) is 0 Å². The van der Waals surface area contributed by atoms with Gasteiger partial charge in [-0.1, -0.05) is 0 Å². The summed E-state index contributed by atoms with van der Waals surface area (Å²) >= 11 is 0. The molecule has 0 aromatic rings. The monoisotopic (exact) mass is 1090 g/mol. The normalized spacial score (nSPS) is 44.6. The highest BCUT2D eigenvalue weighted by Gasteiger charge is 2.62. The third-order valence-corrected chi connectivity index (χ3v) is 13.1. The van der Waals surface area contributed by atoms with E-state index in [9.17, 15) is 116 Å². The van der Waals surface area contributed by atoms with Crippen molar-refractivity contribution in [3.05, 3.63) is 0 Å². The average Bonchev–Trinajstić information content (AvgIpc) is 3.35. The lowest BCUT2D eigenvalue weighted by Crippen LogP contribution is -2.71. The second-order valence-corrected chi connectivity index (χ2v) is 18.3. The van der Waals surface area contributed by atoms with Crippen LogP contribution in [0.25, 0.3) is 0 Å². The Morgan fingerprint density at radius 3 is 1.46 bits per heavy atom. The summed E-state index contributed by atoms with van der Waals surface area (Å²) in [5, 5.41) is 207. The van der Waals surface area contributed by atoms with E-state index in [-0.39, 0.29) is 0 Å². The largest absolute Gasteiger partial charge is 0.477 e. The lowest BCUT2D eigenvalue weighted by atomic mass is 9.88. The first-order valence-electron chi connectivity index (χ1n) is 22.9. The third kappa shape index (κ3) is 13.0. The van der Waals surface area contributed by atoms with E-state index in [4.69, 9.17) is 42.6 Å². The first-order chi connectivity index (χ1) is 34.6. The molecule has 5 heterocycles. The number of hydrogen-bond acceptors (Lipinski definition) is 30. The molecule has 0 aromatic carbocycles. The number of ether oxygens (including phenoxy) is 9. The summed E-state index contributed by atoms with van der Waals surface area (Å²) in [6.45, 7) is -4.02. The Balaban J connectivity index is 1.59. The minimum Gasteiger partial charge on any atom is -0.477 e. The number of aliphatic hydroxyl groups is 17. The van der Waals surface area contributed by atoms with Crippen molar-refractivity contribution in [3.8, 4) is 0 Å². The molecular weight excluding hydrogens is 1020 g/mol. The van der Waals surface area contributed by atoms with E-state index in [2.05, 4.69) is 10.6 Å². The fourth-order valence-corrected chi connectivity index (χ4v) is 9.12. The minimum absolute atomic E-state index is 0.868. The van der Waals surface area contributed by atoms with Gasteiger partial charge in [-0.05, 0) is 0 Å². The molecule has 0 radical (unpaired) electrons. The van der Waals surface area contributed by atoms with Crippen LogP contribution >= 0.6 is 0 Å². The van der Waals surface area contributed by atoms with Crippen molar-refractivity contribution in [1.82, 2.24) is 10.6 Å². The summed E-state index contributed by atoms with van der Waals surface area (Å²) in [7, 11) is 0. The van der Waals surface area contributed by atoms with Crippen molar-refractivity contribution in [3.63, 3.8) is 0 Å². The predicted octanol–water partition coefficient (Wildman–Crippen LogP) is -13.2. The molecule has 5 rings (SSSR count). The Labute approximate surface area is 417 Å². The fraction of sp³-hybridized carbons (Fsp3) is 0.900. The standard InChI is InChI=1S/C40H66N2O32/c1-10(47)41-19-12(49)3-39(37(62)63,73-31(19)21(53)14(51)5-43)66-9-18-29(72-40(38(64)65)4-13(50)20(42-11(2)48)32(74-40)22(54)15(52)6-44)25(57)27(59)36(69-18)70-30-17(8-46)67-34(61)28(60)33(30)71-35-26(58)24(56)23(55)16(7-45)68-35/h12-36,43-46,49-61H,3-9H2,1-2H3,(H,41,47)(H,42,48)(H,62,63)(H,64,65)/t12-,13-,14+,15+,16-,17+,18+,19+,20+,21+,22+,23+,24+,25+,26-,27+,28+,29-,30+,31+,32+,33+,34+,35-,36-,39-,40-/m0/s1. The topological polar surface area (TPSA) is 560 Å². The van der Waals surface area contributed by atoms with E-state index in [1.165, 1.54) is 0 Å². The highest BCUT2D eigenvalue weighted by Crippen LogP contribution is 2.41. The first-order valence-corrected chi connectivity index (χ1v) is 22.9. The Bertz CT molecular complexity index is 1880. The number of aliphatic carboxylic acids is 2. The van der Waals surface area contributed by atoms with Crippen LogP contribution in [-0.4, -0.2) is 318 Å². The van der Waals surface area contributed by atoms with E-state index in [1.54, 1.807) is 0 Å². The number of carboxylic acids is 2. The van der Waals surface area contributed by atoms with Crippen molar-refractivity contribution in [2.45, 2.75) is 191 Å². The Hall–Kier alpha value is -3.16. The first kappa shape index (κ1) is 61.7. The molecule has 27 atom stereocenters. The van der Waals surface area contributed by atoms with Gasteiger partial charge in [-0.25, -0.2) is 9.59 Å². The summed E-state index contributed by atoms with van der Waals surface area (Å²) < 4.78 is 50.9. The number of carbonyl (C=O) groups is 4. The molecule has 0 spiro atoms. The molecule has 0 saturated carbocycles. The summed E-state index contributed by atoms with van der Waals surface area (Å²) in [5.74, 6) is -12.7. The summed E-state index contributed by atoms with van der Waals surface area (Å²) in [6.07, 6.45) is -52.8. The molecule has 74 heavy (non-hydrogen) atoms. The maximum absolute atomic E-state index is 13.3. The Kier molecular flexibility index (Phi) is 21.3. The predicted molar refractivity (Wildman–Crippen MR) is 224 cm³/mol. The number of nitrogens with one attached hydrogen (secondary N) is 2. The summed E-state index contributed by atoms with van der Waals surface area (Å²) in [5.41, 5.74) is 0. The van der Waals surface area contributed by atoms with Gasteiger partial charge < -0.3 is 150 Å². The molecule has 0 aromatic heterocycles. The lowest BCUT2D eigenvalue weighted by Gasteiger charge is -2.51. The van der Waals surface area contributed by atoms with Gasteiger partial charge in [-0.15, -0.1) is 0 Å². The third-order valence-electron chi connectivity index (χ3n) is 13.1. The molecule has 5 aliphatic rings. The number of hydrogen-bond donors (Lipinski definition) is 21. The second-order valence-electron chi connectivity index (χ2n) is 18.3. The fourth-order valence-electron chi connectivity index (χ4n) is 9.12. The van der Waals surface area contributed by atoms with Gasteiger partial charge in [0.1, 0.15) is 110 Å². The number of carbonyl (C=O) groups excluding carboxylic acids is 2. The molecule has 5 fully saturated rings. The van der Waals surface area contributed by atoms with E-state index in [1.807, 2.05) is 0 Å². The zero-order valence-corrected chi connectivity index (χ0v) is 39.2. The molecule has 0 unspecified atom stereocenters. The van der Waals surface area contributed by atoms with Crippen LogP contribution in [0.4, 0.5) is 0 Å². The molecule has 0 bridgehead atoms. The van der Waals surface area contributed by atoms with E-state index in [0.717, 1.165) is 13.8 Å². The molecule has 34 nitrogen and oxygen atoms in total. The van der Waals surface area contributed by atoms with Crippen molar-refractivity contribution < 1.29 is 159 Å². The Morgan fingerprint density at radius 1 is 0.554 bits per heavy atom. The number of carboxylic acid groups (broad SMARTS) is 2. The van der Waals surface area contributed by atoms with Crippen LogP contribution < -0.4 is 10.6 Å². The summed E-state index contributed by atoms with van der Waals surface area (Å²) in [4.78, 5) is 50.7. The molecule has 5 aliphatic heterocycles. The smallest absolute Gasteiger partial charge is 0.364 e. The van der Waals surface area contributed by atoms with Crippen LogP contribution in [0.1, 0.15) is 26.7 Å². The number of amides is 2. The quantitative estimate of drug-likeness (QED) is 0.0507. The molecule has 5 saturated heterocycles. The highest BCUT2D eigenvalue weighted by atomic mass is 16.8. The number of aliphatic hydroxyl groups excluding tert-OH is 17. The molecule has 0 aliphatic carbocycles.